The number of nitrogens with one attached hydrogen (secondary N) is 1. The Balaban J connectivity index is 2.13. The first-order chi connectivity index (χ1) is 7.90. The van der Waals surface area contributed by atoms with Crippen molar-refractivity contribution in [2.45, 2.75) is 0 Å². The van der Waals surface area contributed by atoms with E-state index >= 15 is 0 Å². The Kier molecular flexibility index (Phi) is 3.54. The average molecular weight is 215 g/mol. The number of rotatable bonds is 4. The van der Waals surface area contributed by atoms with Crippen LogP contribution < -0.4 is 5.32 Å². The second kappa shape index (κ2) is 5.31. The molecular formula is C14H14FN. The molecule has 16 heavy (non-hydrogen) atoms. The topological polar surface area (TPSA) is 12.0 Å². The van der Waals surface area contributed by atoms with Gasteiger partial charge in [0.2, 0.25) is 0 Å². The minimum Gasteiger partial charge on any atom is -0.382 e. The third-order valence-electron chi connectivity index (χ3n) is 2.42. The minimum absolute atomic E-state index is 0.347. The largest absolute Gasteiger partial charge is 0.382 e. The molecule has 0 fully saturated rings. The summed E-state index contributed by atoms with van der Waals surface area (Å²) in [5.41, 5.74) is 3.32. The molecule has 0 bridgehead atoms. The van der Waals surface area contributed by atoms with Crippen molar-refractivity contribution < 1.29 is 4.39 Å². The first-order valence-corrected chi connectivity index (χ1v) is 5.35. The summed E-state index contributed by atoms with van der Waals surface area (Å²) in [7, 11) is 0. The molecular weight excluding hydrogens is 201 g/mol. The van der Waals surface area contributed by atoms with Crippen molar-refractivity contribution in [3.8, 4) is 11.1 Å². The van der Waals surface area contributed by atoms with E-state index in [1.807, 2.05) is 42.5 Å². The molecule has 0 unspecified atom stereocenters. The molecule has 0 aliphatic heterocycles. The summed E-state index contributed by atoms with van der Waals surface area (Å²) >= 11 is 0. The molecule has 2 rings (SSSR count). The molecule has 82 valence electrons. The van der Waals surface area contributed by atoms with Gasteiger partial charge in [0.1, 0.15) is 6.67 Å². The summed E-state index contributed by atoms with van der Waals surface area (Å²) in [5.74, 6) is 0. The molecule has 0 amide bonds. The molecule has 0 spiro atoms. The van der Waals surface area contributed by atoms with Gasteiger partial charge in [-0.2, -0.15) is 0 Å². The third-order valence-corrected chi connectivity index (χ3v) is 2.42. The third kappa shape index (κ3) is 2.60. The molecule has 0 aromatic heterocycles. The molecule has 2 heteroatoms. The van der Waals surface area contributed by atoms with E-state index in [-0.39, 0.29) is 6.67 Å². The van der Waals surface area contributed by atoms with Gasteiger partial charge < -0.3 is 5.32 Å². The van der Waals surface area contributed by atoms with Crippen LogP contribution in [0.4, 0.5) is 10.1 Å². The zero-order chi connectivity index (χ0) is 11.2. The maximum Gasteiger partial charge on any atom is 0.107 e. The molecule has 1 nitrogen and oxygen atoms in total. The van der Waals surface area contributed by atoms with Crippen molar-refractivity contribution in [2.75, 3.05) is 18.5 Å². The van der Waals surface area contributed by atoms with Gasteiger partial charge in [-0.15, -0.1) is 0 Å². The zero-order valence-corrected chi connectivity index (χ0v) is 8.99. The average Bonchev–Trinajstić information content (AvgIpc) is 2.38. The van der Waals surface area contributed by atoms with Gasteiger partial charge in [-0.05, 0) is 23.3 Å². The van der Waals surface area contributed by atoms with Crippen molar-refractivity contribution >= 4 is 5.69 Å². The zero-order valence-electron chi connectivity index (χ0n) is 8.99. The highest BCUT2D eigenvalue weighted by molar-refractivity contribution is 5.65. The Morgan fingerprint density at radius 1 is 0.812 bits per heavy atom. The summed E-state index contributed by atoms with van der Waals surface area (Å²) in [4.78, 5) is 0. The van der Waals surface area contributed by atoms with Gasteiger partial charge in [-0.25, -0.2) is 4.39 Å². The van der Waals surface area contributed by atoms with Crippen molar-refractivity contribution in [3.63, 3.8) is 0 Å². The molecule has 0 saturated carbocycles. The Morgan fingerprint density at radius 2 is 1.44 bits per heavy atom. The molecule has 0 heterocycles. The molecule has 1 N–H and O–H groups in total. The van der Waals surface area contributed by atoms with Gasteiger partial charge in [0.25, 0.3) is 0 Å². The molecule has 0 saturated heterocycles. The predicted octanol–water partition coefficient (Wildman–Crippen LogP) is 3.74. The van der Waals surface area contributed by atoms with E-state index in [1.54, 1.807) is 0 Å². The van der Waals surface area contributed by atoms with E-state index in [9.17, 15) is 4.39 Å². The van der Waals surface area contributed by atoms with Gasteiger partial charge in [-0.3, -0.25) is 0 Å². The summed E-state index contributed by atoms with van der Waals surface area (Å²) in [6, 6.07) is 18.2. The standard InChI is InChI=1S/C14H14FN/c15-10-11-16-14-8-6-13(7-9-14)12-4-2-1-3-5-12/h1-9,16H,10-11H2. The summed E-state index contributed by atoms with van der Waals surface area (Å²) < 4.78 is 12.0. The first-order valence-electron chi connectivity index (χ1n) is 5.35. The number of hydrogen-bond donors (Lipinski definition) is 1. The lowest BCUT2D eigenvalue weighted by atomic mass is 10.1. The van der Waals surface area contributed by atoms with Gasteiger partial charge in [0.15, 0.2) is 0 Å². The van der Waals surface area contributed by atoms with Crippen LogP contribution in [-0.4, -0.2) is 13.2 Å². The van der Waals surface area contributed by atoms with Crippen LogP contribution in [0.1, 0.15) is 0 Å². The van der Waals surface area contributed by atoms with E-state index in [0.717, 1.165) is 5.69 Å². The Bertz CT molecular complexity index is 422. The lowest BCUT2D eigenvalue weighted by Gasteiger charge is -2.05. The maximum atomic E-state index is 12.0. The quantitative estimate of drug-likeness (QED) is 0.819. The summed E-state index contributed by atoms with van der Waals surface area (Å²) in [6.45, 7) is 0.0190. The highest BCUT2D eigenvalue weighted by atomic mass is 19.1. The fraction of sp³-hybridized carbons (Fsp3) is 0.143. The van der Waals surface area contributed by atoms with Gasteiger partial charge in [-0.1, -0.05) is 42.5 Å². The van der Waals surface area contributed by atoms with E-state index in [1.165, 1.54) is 11.1 Å². The van der Waals surface area contributed by atoms with Crippen LogP contribution in [0.5, 0.6) is 0 Å². The lowest BCUT2D eigenvalue weighted by Crippen LogP contribution is -2.02. The number of hydrogen-bond acceptors (Lipinski definition) is 1. The van der Waals surface area contributed by atoms with Gasteiger partial charge >= 0.3 is 0 Å². The Hall–Kier alpha value is -1.83. The van der Waals surface area contributed by atoms with E-state index in [2.05, 4.69) is 17.4 Å². The van der Waals surface area contributed by atoms with Crippen molar-refractivity contribution in [3.05, 3.63) is 54.6 Å². The van der Waals surface area contributed by atoms with Crippen molar-refractivity contribution in [2.24, 2.45) is 0 Å². The highest BCUT2D eigenvalue weighted by Gasteiger charge is 1.96. The SMILES string of the molecule is FCCNc1ccc(-c2ccccc2)cc1. The van der Waals surface area contributed by atoms with Crippen LogP contribution in [0.15, 0.2) is 54.6 Å². The summed E-state index contributed by atoms with van der Waals surface area (Å²) in [6.07, 6.45) is 0. The smallest absolute Gasteiger partial charge is 0.107 e. The van der Waals surface area contributed by atoms with Gasteiger partial charge in [0.05, 0.1) is 0 Å². The molecule has 2 aromatic carbocycles. The second-order valence-corrected chi connectivity index (χ2v) is 3.56. The summed E-state index contributed by atoms with van der Waals surface area (Å²) in [5, 5.41) is 3.00. The fourth-order valence-corrected chi connectivity index (χ4v) is 1.60. The van der Waals surface area contributed by atoms with E-state index in [0.29, 0.717) is 6.54 Å². The first kappa shape index (κ1) is 10.7. The normalized spacial score (nSPS) is 10.1. The molecule has 0 radical (unpaired) electrons. The lowest BCUT2D eigenvalue weighted by molar-refractivity contribution is 0.513. The van der Waals surface area contributed by atoms with Crippen LogP contribution in [-0.2, 0) is 0 Å². The number of benzene rings is 2. The second-order valence-electron chi connectivity index (χ2n) is 3.56. The molecule has 0 aliphatic rings. The molecule has 0 atom stereocenters. The number of anilines is 1. The maximum absolute atomic E-state index is 12.0. The van der Waals surface area contributed by atoms with Crippen molar-refractivity contribution in [1.82, 2.24) is 0 Å². The Morgan fingerprint density at radius 3 is 2.06 bits per heavy atom. The fourth-order valence-electron chi connectivity index (χ4n) is 1.60. The predicted molar refractivity (Wildman–Crippen MR) is 66.3 cm³/mol. The Labute approximate surface area is 94.9 Å². The van der Waals surface area contributed by atoms with Crippen LogP contribution in [0, 0.1) is 0 Å². The number of halogens is 1. The van der Waals surface area contributed by atoms with Crippen LogP contribution in [0.2, 0.25) is 0 Å². The molecule has 2 aromatic rings. The minimum atomic E-state index is -0.347. The van der Waals surface area contributed by atoms with E-state index in [4.69, 9.17) is 0 Å². The highest BCUT2D eigenvalue weighted by Crippen LogP contribution is 2.20. The molecule has 0 aliphatic carbocycles. The van der Waals surface area contributed by atoms with Gasteiger partial charge in [0, 0.05) is 12.2 Å². The number of alkyl halides is 1. The van der Waals surface area contributed by atoms with Crippen LogP contribution >= 0.6 is 0 Å². The van der Waals surface area contributed by atoms with E-state index < -0.39 is 0 Å². The monoisotopic (exact) mass is 215 g/mol. The van der Waals surface area contributed by atoms with Crippen LogP contribution in [0.25, 0.3) is 11.1 Å². The van der Waals surface area contributed by atoms with Crippen LogP contribution in [0.3, 0.4) is 0 Å². The van der Waals surface area contributed by atoms with Crippen molar-refractivity contribution in [1.29, 1.82) is 0 Å².